The van der Waals surface area contributed by atoms with Crippen molar-refractivity contribution in [1.82, 2.24) is 0 Å². The van der Waals surface area contributed by atoms with E-state index in [4.69, 9.17) is 9.47 Å². The fourth-order valence-corrected chi connectivity index (χ4v) is 2.94. The number of methoxy groups -OCH3 is 1. The molecule has 0 bridgehead atoms. The quantitative estimate of drug-likeness (QED) is 0.534. The minimum Gasteiger partial charge on any atom is -0.497 e. The Kier molecular flexibility index (Phi) is 7.05. The van der Waals surface area contributed by atoms with Crippen molar-refractivity contribution in [3.63, 3.8) is 0 Å². The summed E-state index contributed by atoms with van der Waals surface area (Å²) < 4.78 is 10.2. The summed E-state index contributed by atoms with van der Waals surface area (Å²) in [6, 6.07) is 22.8. The van der Waals surface area contributed by atoms with Gasteiger partial charge in [0.25, 0.3) is 5.91 Å². The van der Waals surface area contributed by atoms with Crippen LogP contribution in [0.5, 0.6) is 5.75 Å². The summed E-state index contributed by atoms with van der Waals surface area (Å²) in [6.07, 6.45) is 0. The maximum atomic E-state index is 13.1. The van der Waals surface area contributed by atoms with Gasteiger partial charge in [-0.15, -0.1) is 0 Å². The molecule has 3 aromatic carbocycles. The number of nitrogens with one attached hydrogen (secondary N) is 2. The maximum absolute atomic E-state index is 13.1. The summed E-state index contributed by atoms with van der Waals surface area (Å²) in [5.41, 5.74) is 2.62. The van der Waals surface area contributed by atoms with E-state index in [1.165, 1.54) is 0 Å². The standard InChI is InChI=1S/C24H24N2O4/c1-3-30-24(28)18-12-14-19(15-13-18)25-22(17-8-5-4-6-9-17)23(27)26-20-10-7-11-21(16-20)29-2/h4-16,22,25H,3H2,1-2H3,(H,26,27)/t22-/m0/s1. The molecule has 0 fully saturated rings. The van der Waals surface area contributed by atoms with E-state index in [2.05, 4.69) is 10.6 Å². The average Bonchev–Trinajstić information content (AvgIpc) is 2.78. The van der Waals surface area contributed by atoms with Crippen LogP contribution in [-0.2, 0) is 9.53 Å². The highest BCUT2D eigenvalue weighted by Crippen LogP contribution is 2.23. The Labute approximate surface area is 175 Å². The molecular weight excluding hydrogens is 380 g/mol. The van der Waals surface area contributed by atoms with Crippen LogP contribution in [0, 0.1) is 0 Å². The Hall–Kier alpha value is -3.80. The fraction of sp³-hybridized carbons (Fsp3) is 0.167. The van der Waals surface area contributed by atoms with E-state index in [-0.39, 0.29) is 11.9 Å². The van der Waals surface area contributed by atoms with Crippen molar-refractivity contribution < 1.29 is 19.1 Å². The van der Waals surface area contributed by atoms with Gasteiger partial charge >= 0.3 is 5.97 Å². The van der Waals surface area contributed by atoms with Crippen molar-refractivity contribution in [1.29, 1.82) is 0 Å². The lowest BCUT2D eigenvalue weighted by Gasteiger charge is -2.20. The second-order valence-corrected chi connectivity index (χ2v) is 6.51. The summed E-state index contributed by atoms with van der Waals surface area (Å²) in [5, 5.41) is 6.17. The summed E-state index contributed by atoms with van der Waals surface area (Å²) in [4.78, 5) is 24.9. The van der Waals surface area contributed by atoms with Crippen molar-refractivity contribution >= 4 is 23.3 Å². The van der Waals surface area contributed by atoms with Gasteiger partial charge in [-0.25, -0.2) is 4.79 Å². The minimum atomic E-state index is -0.633. The lowest BCUT2D eigenvalue weighted by molar-refractivity contribution is -0.117. The normalized spacial score (nSPS) is 11.3. The molecule has 0 aliphatic heterocycles. The van der Waals surface area contributed by atoms with Crippen molar-refractivity contribution in [2.45, 2.75) is 13.0 Å². The van der Waals surface area contributed by atoms with Crippen LogP contribution in [0.25, 0.3) is 0 Å². The zero-order valence-corrected chi connectivity index (χ0v) is 16.9. The number of carbonyl (C=O) groups excluding carboxylic acids is 2. The van der Waals surface area contributed by atoms with Gasteiger partial charge in [-0.3, -0.25) is 4.79 Å². The third-order valence-electron chi connectivity index (χ3n) is 4.44. The molecule has 0 saturated heterocycles. The summed E-state index contributed by atoms with van der Waals surface area (Å²) in [6.45, 7) is 2.08. The largest absolute Gasteiger partial charge is 0.497 e. The zero-order chi connectivity index (χ0) is 21.3. The summed E-state index contributed by atoms with van der Waals surface area (Å²) >= 11 is 0. The molecule has 0 aromatic heterocycles. The van der Waals surface area contributed by atoms with E-state index in [9.17, 15) is 9.59 Å². The summed E-state index contributed by atoms with van der Waals surface area (Å²) in [7, 11) is 1.58. The Balaban J connectivity index is 1.81. The first kappa shape index (κ1) is 20.9. The molecule has 0 radical (unpaired) electrons. The molecule has 0 spiro atoms. The van der Waals surface area contributed by atoms with E-state index < -0.39 is 6.04 Å². The predicted molar refractivity (Wildman–Crippen MR) is 117 cm³/mol. The first-order chi connectivity index (χ1) is 14.6. The lowest BCUT2D eigenvalue weighted by Crippen LogP contribution is -2.27. The van der Waals surface area contributed by atoms with E-state index in [1.54, 1.807) is 50.4 Å². The SMILES string of the molecule is CCOC(=O)c1ccc(N[C@H](C(=O)Nc2cccc(OC)c2)c2ccccc2)cc1. The van der Waals surface area contributed by atoms with Crippen LogP contribution in [0.2, 0.25) is 0 Å². The number of esters is 1. The Morgan fingerprint density at radius 3 is 2.30 bits per heavy atom. The lowest BCUT2D eigenvalue weighted by atomic mass is 10.1. The highest BCUT2D eigenvalue weighted by Gasteiger charge is 2.21. The molecule has 0 saturated carbocycles. The monoisotopic (exact) mass is 404 g/mol. The molecule has 3 aromatic rings. The second kappa shape index (κ2) is 10.1. The number of benzene rings is 3. The smallest absolute Gasteiger partial charge is 0.338 e. The van der Waals surface area contributed by atoms with Crippen molar-refractivity contribution in [3.05, 3.63) is 90.0 Å². The number of carbonyl (C=O) groups is 2. The van der Waals surface area contributed by atoms with Gasteiger partial charge in [0, 0.05) is 17.4 Å². The van der Waals surface area contributed by atoms with E-state index in [1.807, 2.05) is 42.5 Å². The molecule has 0 unspecified atom stereocenters. The molecule has 6 nitrogen and oxygen atoms in total. The number of rotatable bonds is 8. The first-order valence-electron chi connectivity index (χ1n) is 9.64. The van der Waals surface area contributed by atoms with Gasteiger partial charge in [0.1, 0.15) is 11.8 Å². The Bertz CT molecular complexity index is 988. The van der Waals surface area contributed by atoms with Crippen LogP contribution in [0.15, 0.2) is 78.9 Å². The molecule has 6 heteroatoms. The van der Waals surface area contributed by atoms with Crippen LogP contribution >= 0.6 is 0 Å². The molecule has 1 amide bonds. The van der Waals surface area contributed by atoms with Gasteiger partial charge < -0.3 is 20.1 Å². The highest BCUT2D eigenvalue weighted by atomic mass is 16.5. The molecule has 0 aliphatic carbocycles. The summed E-state index contributed by atoms with van der Waals surface area (Å²) in [5.74, 6) is 0.0647. The van der Waals surface area contributed by atoms with Gasteiger partial charge in [-0.2, -0.15) is 0 Å². The molecule has 30 heavy (non-hydrogen) atoms. The van der Waals surface area contributed by atoms with E-state index in [0.29, 0.717) is 29.3 Å². The number of hydrogen-bond acceptors (Lipinski definition) is 5. The number of amides is 1. The van der Waals surface area contributed by atoms with Gasteiger partial charge in [-0.05, 0) is 48.9 Å². The number of hydrogen-bond donors (Lipinski definition) is 2. The van der Waals surface area contributed by atoms with Crippen LogP contribution in [0.3, 0.4) is 0 Å². The van der Waals surface area contributed by atoms with E-state index >= 15 is 0 Å². The van der Waals surface area contributed by atoms with Crippen molar-refractivity contribution in [2.75, 3.05) is 24.4 Å². The van der Waals surface area contributed by atoms with Crippen LogP contribution in [-0.4, -0.2) is 25.6 Å². The van der Waals surface area contributed by atoms with Crippen LogP contribution in [0.1, 0.15) is 28.9 Å². The second-order valence-electron chi connectivity index (χ2n) is 6.51. The molecule has 0 aliphatic rings. The van der Waals surface area contributed by atoms with Crippen LogP contribution < -0.4 is 15.4 Å². The topological polar surface area (TPSA) is 76.7 Å². The highest BCUT2D eigenvalue weighted by molar-refractivity contribution is 5.97. The van der Waals surface area contributed by atoms with Gasteiger partial charge in [0.2, 0.25) is 0 Å². The minimum absolute atomic E-state index is 0.219. The molecular formula is C24H24N2O4. The third kappa shape index (κ3) is 5.38. The zero-order valence-electron chi connectivity index (χ0n) is 16.9. The predicted octanol–water partition coefficient (Wildman–Crippen LogP) is 4.66. The first-order valence-corrected chi connectivity index (χ1v) is 9.64. The van der Waals surface area contributed by atoms with Crippen molar-refractivity contribution in [3.8, 4) is 5.75 Å². The molecule has 0 heterocycles. The number of ether oxygens (including phenoxy) is 2. The number of anilines is 2. The molecule has 154 valence electrons. The molecule has 3 rings (SSSR count). The molecule has 2 N–H and O–H groups in total. The van der Waals surface area contributed by atoms with Gasteiger partial charge in [-0.1, -0.05) is 36.4 Å². The third-order valence-corrected chi connectivity index (χ3v) is 4.44. The van der Waals surface area contributed by atoms with Crippen LogP contribution in [0.4, 0.5) is 11.4 Å². The Morgan fingerprint density at radius 2 is 1.63 bits per heavy atom. The average molecular weight is 404 g/mol. The molecule has 1 atom stereocenters. The van der Waals surface area contributed by atoms with Gasteiger partial charge in [0.15, 0.2) is 0 Å². The van der Waals surface area contributed by atoms with E-state index in [0.717, 1.165) is 5.56 Å². The Morgan fingerprint density at radius 1 is 0.900 bits per heavy atom. The van der Waals surface area contributed by atoms with Crippen molar-refractivity contribution in [2.24, 2.45) is 0 Å². The van der Waals surface area contributed by atoms with Gasteiger partial charge in [0.05, 0.1) is 19.3 Å². The maximum Gasteiger partial charge on any atom is 0.338 e. The fourth-order valence-electron chi connectivity index (χ4n) is 2.94.